The Morgan fingerprint density at radius 2 is 2.00 bits per heavy atom. The van der Waals surface area contributed by atoms with Crippen molar-refractivity contribution in [3.63, 3.8) is 0 Å². The fraction of sp³-hybridized carbons (Fsp3) is 0. The second-order valence-corrected chi connectivity index (χ2v) is 3.43. The van der Waals surface area contributed by atoms with Crippen LogP contribution in [0.5, 0.6) is 0 Å². The van der Waals surface area contributed by atoms with Gasteiger partial charge in [0.2, 0.25) is 0 Å². The van der Waals surface area contributed by atoms with Crippen molar-refractivity contribution in [1.82, 2.24) is 0 Å². The molecule has 0 nitrogen and oxygen atoms in total. The summed E-state index contributed by atoms with van der Waals surface area (Å²) >= 11 is 8.48. The predicted octanol–water partition coefficient (Wildman–Crippen LogP) is 0.875. The fourth-order valence-corrected chi connectivity index (χ4v) is 0. The van der Waals surface area contributed by atoms with Gasteiger partial charge < -0.3 is 0 Å². The standard InChI is InChI=1S/CIS.Li/c2-1-3;. The predicted molar refractivity (Wildman–Crippen MR) is 32.4 cm³/mol. The van der Waals surface area contributed by atoms with Gasteiger partial charge in [-0.25, -0.2) is 0 Å². The Labute approximate surface area is 53.7 Å². The van der Waals surface area contributed by atoms with Gasteiger partial charge >= 0.3 is 54.1 Å². The van der Waals surface area contributed by atoms with Crippen LogP contribution < -0.4 is 0 Å². The van der Waals surface area contributed by atoms with Gasteiger partial charge in [0.15, 0.2) is 0 Å². The van der Waals surface area contributed by atoms with Gasteiger partial charge in [0, 0.05) is 0 Å². The van der Waals surface area contributed by atoms with Crippen molar-refractivity contribution in [2.45, 2.75) is 0 Å². The molecule has 3 heteroatoms. The zero-order valence-corrected chi connectivity index (χ0v) is 5.26. The molecule has 0 aromatic rings. The van der Waals surface area contributed by atoms with Gasteiger partial charge in [0.05, 0.1) is 0 Å². The van der Waals surface area contributed by atoms with E-state index in [2.05, 4.69) is 34.8 Å². The molecule has 4 heavy (non-hydrogen) atoms. The summed E-state index contributed by atoms with van der Waals surface area (Å²) in [7, 11) is 0. The summed E-state index contributed by atoms with van der Waals surface area (Å²) in [5.74, 6) is 0. The molecule has 0 fully saturated rings. The summed E-state index contributed by atoms with van der Waals surface area (Å²) in [5.41, 5.74) is 0. The molecule has 0 aliphatic rings. The van der Waals surface area contributed by atoms with Gasteiger partial charge in [0.25, 0.3) is 0 Å². The van der Waals surface area contributed by atoms with Crippen molar-refractivity contribution in [2.24, 2.45) is 0 Å². The monoisotopic (exact) mass is 178 g/mol. The molecule has 0 saturated heterocycles. The SMILES string of the molecule is [Li][C](=S)I. The van der Waals surface area contributed by atoms with Crippen LogP contribution in [0.4, 0.5) is 0 Å². The minimum atomic E-state index is 0.970. The third-order valence-electron chi connectivity index (χ3n) is 0. The number of thiocarbonyl (C=S) groups is 1. The molecule has 0 heterocycles. The van der Waals surface area contributed by atoms with E-state index in [0.29, 0.717) is 0 Å². The van der Waals surface area contributed by atoms with Crippen LogP contribution in [0.2, 0.25) is 0 Å². The molecule has 0 N–H and O–H groups in total. The first-order chi connectivity index (χ1) is 1.73. The molecule has 0 rings (SSSR count). The van der Waals surface area contributed by atoms with E-state index in [0.717, 1.165) is 1.54 Å². The molecule has 0 atom stereocenters. The van der Waals surface area contributed by atoms with Gasteiger partial charge in [-0.3, -0.25) is 0 Å². The molecule has 0 aromatic heterocycles. The van der Waals surface area contributed by atoms with Crippen molar-refractivity contribution in [3.05, 3.63) is 0 Å². The Hall–Kier alpha value is 1.42. The van der Waals surface area contributed by atoms with Gasteiger partial charge in [-0.1, -0.05) is 0 Å². The van der Waals surface area contributed by atoms with Crippen molar-refractivity contribution in [1.29, 1.82) is 0 Å². The molecule has 0 aliphatic heterocycles. The molecule has 0 spiro atoms. The molecule has 18 valence electrons. The second-order valence-electron chi connectivity index (χ2n) is 0.470. The summed E-state index contributed by atoms with van der Waals surface area (Å²) in [4.78, 5) is 0. The van der Waals surface area contributed by atoms with Crippen molar-refractivity contribution in [2.75, 3.05) is 0 Å². The molecule has 0 aliphatic carbocycles. The van der Waals surface area contributed by atoms with E-state index < -0.39 is 0 Å². The zero-order chi connectivity index (χ0) is 3.58. The second kappa shape index (κ2) is 2.64. The van der Waals surface area contributed by atoms with E-state index >= 15 is 0 Å². The number of halogens is 1. The summed E-state index contributed by atoms with van der Waals surface area (Å²) in [5, 5.41) is 0. The molecule has 0 amide bonds. The first kappa shape index (κ1) is 5.42. The van der Waals surface area contributed by atoms with Crippen LogP contribution in [-0.4, -0.2) is 19.3 Å². The summed E-state index contributed by atoms with van der Waals surface area (Å²) in [6.45, 7) is 0. The Kier molecular flexibility index (Phi) is 3.58. The number of rotatable bonds is 0. The summed E-state index contributed by atoms with van der Waals surface area (Å²) in [6, 6.07) is 0. The van der Waals surface area contributed by atoms with Crippen LogP contribution in [0, 0.1) is 0 Å². The van der Waals surface area contributed by atoms with E-state index in [-0.39, 0.29) is 0 Å². The van der Waals surface area contributed by atoms with Gasteiger partial charge in [0.1, 0.15) is 0 Å². The van der Waals surface area contributed by atoms with Gasteiger partial charge in [-0.05, 0) is 0 Å². The van der Waals surface area contributed by atoms with E-state index in [1.165, 1.54) is 0 Å². The minimum absolute atomic E-state index is 0.970. The Bertz CT molecular complexity index is 31.0. The molecule has 0 bridgehead atoms. The average molecular weight is 178 g/mol. The molecular formula is CILiS. The van der Waals surface area contributed by atoms with Crippen LogP contribution in [-0.2, 0) is 0 Å². The fourth-order valence-electron chi connectivity index (χ4n) is 0. The van der Waals surface area contributed by atoms with Crippen molar-refractivity contribution in [3.8, 4) is 0 Å². The van der Waals surface area contributed by atoms with Crippen LogP contribution in [0.15, 0.2) is 0 Å². The third kappa shape index (κ3) is 9.94. The average Bonchev–Trinajstić information content (AvgIpc) is 0.811. The number of hydrogen-bond donors (Lipinski definition) is 0. The molecule has 0 aromatic carbocycles. The van der Waals surface area contributed by atoms with Crippen LogP contribution in [0.25, 0.3) is 0 Å². The molecular weight excluding hydrogens is 178 g/mol. The molecule has 0 saturated carbocycles. The van der Waals surface area contributed by atoms with E-state index in [1.54, 1.807) is 0 Å². The van der Waals surface area contributed by atoms with E-state index in [1.807, 2.05) is 17.7 Å². The summed E-state index contributed by atoms with van der Waals surface area (Å²) in [6.07, 6.45) is 0. The van der Waals surface area contributed by atoms with Crippen LogP contribution in [0.3, 0.4) is 0 Å². The van der Waals surface area contributed by atoms with Crippen LogP contribution >= 0.6 is 34.8 Å². The van der Waals surface area contributed by atoms with E-state index in [9.17, 15) is 0 Å². The zero-order valence-electron chi connectivity index (χ0n) is 2.29. The first-order valence-electron chi connectivity index (χ1n) is 0.893. The Balaban J connectivity index is 2.80. The first-order valence-corrected chi connectivity index (χ1v) is 2.38. The normalized spacial score (nSPS) is 6.75. The van der Waals surface area contributed by atoms with Gasteiger partial charge in [-0.2, -0.15) is 0 Å². The van der Waals surface area contributed by atoms with Crippen LogP contribution in [0.1, 0.15) is 0 Å². The topological polar surface area (TPSA) is 0 Å². The maximum absolute atomic E-state index is 4.52. The van der Waals surface area contributed by atoms with Crippen molar-refractivity contribution < 1.29 is 0 Å². The third-order valence-corrected chi connectivity index (χ3v) is 0. The maximum atomic E-state index is 4.52. The Morgan fingerprint density at radius 3 is 2.00 bits per heavy atom. The Morgan fingerprint density at radius 1 is 2.00 bits per heavy atom. The summed E-state index contributed by atoms with van der Waals surface area (Å²) < 4.78 is 0.970. The molecule has 0 radical (unpaired) electrons. The quantitative estimate of drug-likeness (QED) is 0.229. The van der Waals surface area contributed by atoms with E-state index in [4.69, 9.17) is 0 Å². The molecule has 0 unspecified atom stereocenters. The van der Waals surface area contributed by atoms with Gasteiger partial charge in [-0.15, -0.1) is 0 Å². The number of hydrogen-bond acceptors (Lipinski definition) is 1. The van der Waals surface area contributed by atoms with Crippen molar-refractivity contribution >= 4 is 54.1 Å².